The number of anilines is 1. The maximum absolute atomic E-state index is 13.2. The Morgan fingerprint density at radius 1 is 0.973 bits per heavy atom. The van der Waals surface area contributed by atoms with Crippen molar-refractivity contribution >= 4 is 23.1 Å². The average molecular weight is 504 g/mol. The molecule has 5 rings (SSSR count). The van der Waals surface area contributed by atoms with Gasteiger partial charge in [0.2, 0.25) is 0 Å². The van der Waals surface area contributed by atoms with Gasteiger partial charge in [0, 0.05) is 49.8 Å². The third-order valence-electron chi connectivity index (χ3n) is 6.56. The highest BCUT2D eigenvalue weighted by Gasteiger charge is 2.31. The van der Waals surface area contributed by atoms with Crippen molar-refractivity contribution in [1.82, 2.24) is 28.7 Å². The van der Waals surface area contributed by atoms with E-state index >= 15 is 0 Å². The third kappa shape index (κ3) is 4.75. The quantitative estimate of drug-likeness (QED) is 0.411. The molecule has 1 aliphatic rings. The number of hydrogen-bond donors (Lipinski definition) is 0. The van der Waals surface area contributed by atoms with Gasteiger partial charge in [-0.15, -0.1) is 0 Å². The Hall–Kier alpha value is -3.95. The fraction of sp³-hybridized carbons (Fsp3) is 0.444. The summed E-state index contributed by atoms with van der Waals surface area (Å²) < 4.78 is 9.01. The molecular weight excluding hydrogens is 470 g/mol. The number of amides is 1. The van der Waals surface area contributed by atoms with E-state index in [4.69, 9.17) is 9.72 Å². The molecule has 10 heteroatoms. The summed E-state index contributed by atoms with van der Waals surface area (Å²) >= 11 is 0. The zero-order valence-corrected chi connectivity index (χ0v) is 22.4. The van der Waals surface area contributed by atoms with Crippen LogP contribution in [0, 0.1) is 20.8 Å². The fourth-order valence-electron chi connectivity index (χ4n) is 4.86. The molecule has 37 heavy (non-hydrogen) atoms. The Kier molecular flexibility index (Phi) is 5.92. The number of ether oxygens (including phenoxy) is 1. The van der Waals surface area contributed by atoms with Crippen LogP contribution in [0.5, 0.6) is 0 Å². The van der Waals surface area contributed by atoms with E-state index in [1.54, 1.807) is 11.1 Å². The van der Waals surface area contributed by atoms with E-state index in [-0.39, 0.29) is 17.8 Å². The van der Waals surface area contributed by atoms with E-state index in [9.17, 15) is 9.59 Å². The molecule has 1 aliphatic heterocycles. The van der Waals surface area contributed by atoms with E-state index < -0.39 is 5.60 Å². The second kappa shape index (κ2) is 8.86. The van der Waals surface area contributed by atoms with Crippen molar-refractivity contribution in [3.8, 4) is 11.4 Å². The normalized spacial score (nSPS) is 16.6. The number of piperazine rings is 1. The predicted octanol–water partition coefficient (Wildman–Crippen LogP) is 3.78. The monoisotopic (exact) mass is 503 g/mol. The first kappa shape index (κ1) is 24.7. The number of carbonyl (C=O) groups excluding carboxylic acids is 1. The van der Waals surface area contributed by atoms with E-state index in [1.807, 2.05) is 77.4 Å². The van der Waals surface area contributed by atoms with Crippen LogP contribution in [0.3, 0.4) is 0 Å². The zero-order valence-electron chi connectivity index (χ0n) is 22.4. The van der Waals surface area contributed by atoms with E-state index in [0.717, 1.165) is 33.7 Å². The number of fused-ring (bicyclic) bond motifs is 2. The number of aromatic nitrogens is 5. The highest BCUT2D eigenvalue weighted by molar-refractivity contribution is 5.69. The number of rotatable bonds is 2. The summed E-state index contributed by atoms with van der Waals surface area (Å²) in [7, 11) is 0. The van der Waals surface area contributed by atoms with Gasteiger partial charge in [0.15, 0.2) is 5.82 Å². The van der Waals surface area contributed by atoms with Crippen LogP contribution in [0.1, 0.15) is 44.5 Å². The van der Waals surface area contributed by atoms with Gasteiger partial charge in [0.05, 0.1) is 11.4 Å². The van der Waals surface area contributed by atoms with Gasteiger partial charge in [-0.1, -0.05) is 0 Å². The lowest BCUT2D eigenvalue weighted by Crippen LogP contribution is -2.55. The molecule has 0 spiro atoms. The molecule has 0 unspecified atom stereocenters. The molecule has 10 nitrogen and oxygen atoms in total. The molecule has 4 aromatic rings. The van der Waals surface area contributed by atoms with Gasteiger partial charge >= 0.3 is 11.8 Å². The molecule has 1 saturated heterocycles. The summed E-state index contributed by atoms with van der Waals surface area (Å²) in [5.74, 6) is 0.386. The van der Waals surface area contributed by atoms with Crippen LogP contribution in [-0.4, -0.2) is 66.0 Å². The maximum atomic E-state index is 13.2. The van der Waals surface area contributed by atoms with E-state index in [1.165, 1.54) is 4.40 Å². The van der Waals surface area contributed by atoms with Crippen LogP contribution in [0.25, 0.3) is 22.7 Å². The third-order valence-corrected chi connectivity index (χ3v) is 6.56. The predicted molar refractivity (Wildman–Crippen MR) is 142 cm³/mol. The number of carbonyl (C=O) groups is 1. The van der Waals surface area contributed by atoms with E-state index in [2.05, 4.69) is 14.9 Å². The van der Waals surface area contributed by atoms with Crippen molar-refractivity contribution in [2.45, 2.75) is 60.1 Å². The molecular formula is C27H33N7O3. The van der Waals surface area contributed by atoms with Gasteiger partial charge in [-0.25, -0.2) is 24.0 Å². The zero-order chi connectivity index (χ0) is 26.6. The smallest absolute Gasteiger partial charge is 0.410 e. The average Bonchev–Trinajstić information content (AvgIpc) is 3.19. The second-order valence-electron chi connectivity index (χ2n) is 10.9. The summed E-state index contributed by atoms with van der Waals surface area (Å²) in [5.41, 5.74) is 4.96. The molecule has 0 radical (unpaired) electrons. The first-order valence-electron chi connectivity index (χ1n) is 12.5. The standard InChI is InChI=1S/C27H33N7O3/c1-16-10-20(14-32-12-18(3)28-23(16)32)22-29-24-17(2)11-21(15-34(24)25(35)30-22)31-8-9-33(19(4)13-31)26(36)37-27(5,6)7/h10-12,14-15,19H,8-9,13H2,1-7H3/t19-/m0/s1. The highest BCUT2D eigenvalue weighted by atomic mass is 16.6. The molecule has 1 fully saturated rings. The Morgan fingerprint density at radius 2 is 1.70 bits per heavy atom. The number of imidazole rings is 1. The summed E-state index contributed by atoms with van der Waals surface area (Å²) in [6, 6.07) is 3.96. The van der Waals surface area contributed by atoms with Crippen molar-refractivity contribution < 1.29 is 9.53 Å². The highest BCUT2D eigenvalue weighted by Crippen LogP contribution is 2.25. The molecule has 1 atom stereocenters. The summed E-state index contributed by atoms with van der Waals surface area (Å²) in [6.07, 6.45) is 5.34. The van der Waals surface area contributed by atoms with Crippen LogP contribution in [0.2, 0.25) is 0 Å². The molecule has 0 aromatic carbocycles. The molecule has 0 aliphatic carbocycles. The number of nitrogens with zero attached hydrogens (tertiary/aromatic N) is 7. The molecule has 0 saturated carbocycles. The Balaban J connectivity index is 1.45. The Labute approximate surface area is 215 Å². The van der Waals surface area contributed by atoms with Gasteiger partial charge in [-0.3, -0.25) is 0 Å². The van der Waals surface area contributed by atoms with Gasteiger partial charge in [-0.05, 0) is 71.7 Å². The first-order valence-corrected chi connectivity index (χ1v) is 12.5. The minimum atomic E-state index is -0.536. The summed E-state index contributed by atoms with van der Waals surface area (Å²) in [5, 5.41) is 0. The lowest BCUT2D eigenvalue weighted by Gasteiger charge is -2.41. The van der Waals surface area contributed by atoms with Crippen molar-refractivity contribution in [2.75, 3.05) is 24.5 Å². The summed E-state index contributed by atoms with van der Waals surface area (Å²) in [6.45, 7) is 15.3. The molecule has 0 bridgehead atoms. The van der Waals surface area contributed by atoms with Crippen molar-refractivity contribution in [3.05, 3.63) is 58.0 Å². The Bertz CT molecular complexity index is 1580. The van der Waals surface area contributed by atoms with Crippen LogP contribution in [-0.2, 0) is 4.74 Å². The molecule has 194 valence electrons. The topological polar surface area (TPSA) is 97.3 Å². The van der Waals surface area contributed by atoms with Gasteiger partial charge in [0.1, 0.15) is 16.9 Å². The van der Waals surface area contributed by atoms with Gasteiger partial charge in [-0.2, -0.15) is 4.98 Å². The lowest BCUT2D eigenvalue weighted by molar-refractivity contribution is 0.0159. The largest absolute Gasteiger partial charge is 0.444 e. The summed E-state index contributed by atoms with van der Waals surface area (Å²) in [4.78, 5) is 43.3. The number of pyridine rings is 2. The van der Waals surface area contributed by atoms with Gasteiger partial charge in [0.25, 0.3) is 0 Å². The van der Waals surface area contributed by atoms with E-state index in [0.29, 0.717) is 31.1 Å². The van der Waals surface area contributed by atoms with Crippen LogP contribution < -0.4 is 10.6 Å². The maximum Gasteiger partial charge on any atom is 0.410 e. The van der Waals surface area contributed by atoms with Gasteiger partial charge < -0.3 is 18.9 Å². The van der Waals surface area contributed by atoms with Crippen molar-refractivity contribution in [1.29, 1.82) is 0 Å². The Morgan fingerprint density at radius 3 is 2.41 bits per heavy atom. The van der Waals surface area contributed by atoms with Crippen molar-refractivity contribution in [2.24, 2.45) is 0 Å². The molecule has 5 heterocycles. The molecule has 0 N–H and O–H groups in total. The number of aryl methyl sites for hydroxylation is 3. The molecule has 1 amide bonds. The second-order valence-corrected chi connectivity index (χ2v) is 10.9. The number of hydrogen-bond acceptors (Lipinski definition) is 7. The minimum Gasteiger partial charge on any atom is -0.444 e. The first-order chi connectivity index (χ1) is 17.4. The van der Waals surface area contributed by atoms with Crippen LogP contribution in [0.15, 0.2) is 35.5 Å². The lowest BCUT2D eigenvalue weighted by atomic mass is 10.1. The minimum absolute atomic E-state index is 0.0417. The fourth-order valence-corrected chi connectivity index (χ4v) is 4.86. The van der Waals surface area contributed by atoms with Crippen LogP contribution in [0.4, 0.5) is 10.5 Å². The van der Waals surface area contributed by atoms with Crippen LogP contribution >= 0.6 is 0 Å². The van der Waals surface area contributed by atoms with Crippen molar-refractivity contribution in [3.63, 3.8) is 0 Å². The molecule has 4 aromatic heterocycles. The SMILES string of the molecule is Cc1cn2cc(-c3nc(=O)n4cc(N5CCN(C(=O)OC(C)(C)C)[C@@H](C)C5)cc(C)c4n3)cc(C)c2n1.